The zero-order chi connectivity index (χ0) is 15.7. The van der Waals surface area contributed by atoms with Crippen molar-refractivity contribution in [2.45, 2.75) is 65.3 Å². The lowest BCUT2D eigenvalue weighted by Crippen LogP contribution is -2.31. The lowest BCUT2D eigenvalue weighted by atomic mass is 9.75. The molecule has 2 heterocycles. The van der Waals surface area contributed by atoms with Crippen molar-refractivity contribution in [2.75, 3.05) is 5.32 Å². The molecule has 2 aromatic heterocycles. The minimum atomic E-state index is -0.0817. The van der Waals surface area contributed by atoms with Gasteiger partial charge in [-0.2, -0.15) is 4.52 Å². The molecule has 1 N–H and O–H groups in total. The van der Waals surface area contributed by atoms with Gasteiger partial charge in [0.1, 0.15) is 0 Å². The number of aromatic nitrogens is 3. The van der Waals surface area contributed by atoms with Crippen LogP contribution in [-0.2, 0) is 6.42 Å². The first-order valence-corrected chi connectivity index (χ1v) is 8.95. The van der Waals surface area contributed by atoms with E-state index in [1.165, 1.54) is 35.1 Å². The van der Waals surface area contributed by atoms with Gasteiger partial charge >= 0.3 is 0 Å². The van der Waals surface area contributed by atoms with Gasteiger partial charge in [0.25, 0.3) is 5.56 Å². The summed E-state index contributed by atoms with van der Waals surface area (Å²) in [5.74, 6) is 0. The molecule has 120 valence electrons. The number of aryl methyl sites for hydroxylation is 1. The van der Waals surface area contributed by atoms with E-state index >= 15 is 0 Å². The molecule has 5 nitrogen and oxygen atoms in total. The second-order valence-corrected chi connectivity index (χ2v) is 8.00. The normalized spacial score (nSPS) is 21.1. The molecule has 6 heteroatoms. The van der Waals surface area contributed by atoms with Crippen LogP contribution in [0.1, 0.15) is 58.6 Å². The van der Waals surface area contributed by atoms with Crippen LogP contribution in [-0.4, -0.2) is 20.6 Å². The molecule has 0 bridgehead atoms. The van der Waals surface area contributed by atoms with E-state index in [-0.39, 0.29) is 5.56 Å². The van der Waals surface area contributed by atoms with Crippen molar-refractivity contribution >= 4 is 21.4 Å². The van der Waals surface area contributed by atoms with Crippen molar-refractivity contribution in [3.05, 3.63) is 22.1 Å². The van der Waals surface area contributed by atoms with Crippen molar-refractivity contribution < 1.29 is 0 Å². The van der Waals surface area contributed by atoms with Crippen LogP contribution < -0.4 is 10.9 Å². The van der Waals surface area contributed by atoms with Gasteiger partial charge in [-0.05, 0) is 31.1 Å². The first-order valence-electron chi connectivity index (χ1n) is 8.13. The Kier molecular flexibility index (Phi) is 4.21. The molecule has 0 radical (unpaired) electrons. The van der Waals surface area contributed by atoms with Gasteiger partial charge in [-0.15, -0.1) is 5.10 Å². The summed E-state index contributed by atoms with van der Waals surface area (Å²) in [4.78, 5) is 17.4. The second-order valence-electron chi connectivity index (χ2n) is 7.04. The van der Waals surface area contributed by atoms with Crippen LogP contribution in [0.15, 0.2) is 10.9 Å². The van der Waals surface area contributed by atoms with Crippen LogP contribution in [0.2, 0.25) is 0 Å². The van der Waals surface area contributed by atoms with Gasteiger partial charge in [-0.3, -0.25) is 4.79 Å². The zero-order valence-electron chi connectivity index (χ0n) is 13.6. The predicted octanol–water partition coefficient (Wildman–Crippen LogP) is 3.48. The van der Waals surface area contributed by atoms with E-state index in [0.29, 0.717) is 16.4 Å². The van der Waals surface area contributed by atoms with E-state index in [4.69, 9.17) is 0 Å². The minimum Gasteiger partial charge on any atom is -0.357 e. The number of hydrogen-bond acceptors (Lipinski definition) is 5. The molecule has 3 rings (SSSR count). The summed E-state index contributed by atoms with van der Waals surface area (Å²) in [5, 5.41) is 8.72. The second kappa shape index (κ2) is 5.99. The number of nitrogens with one attached hydrogen (secondary N) is 1. The maximum Gasteiger partial charge on any atom is 0.275 e. The van der Waals surface area contributed by atoms with E-state index < -0.39 is 0 Å². The molecule has 0 spiro atoms. The number of nitrogens with zero attached hydrogens (tertiary/aromatic N) is 3. The molecular formula is C16H24N4OS. The average Bonchev–Trinajstić information content (AvgIpc) is 2.81. The highest BCUT2D eigenvalue weighted by Gasteiger charge is 2.28. The zero-order valence-corrected chi connectivity index (χ0v) is 14.4. The molecule has 0 aliphatic heterocycles. The monoisotopic (exact) mass is 320 g/mol. The van der Waals surface area contributed by atoms with Gasteiger partial charge in [0, 0.05) is 17.8 Å². The fraction of sp³-hybridized carbons (Fsp3) is 0.688. The molecular weight excluding hydrogens is 296 g/mol. The van der Waals surface area contributed by atoms with Crippen molar-refractivity contribution in [2.24, 2.45) is 5.41 Å². The van der Waals surface area contributed by atoms with Gasteiger partial charge in [0.15, 0.2) is 0 Å². The first kappa shape index (κ1) is 15.5. The van der Waals surface area contributed by atoms with Crippen LogP contribution >= 0.6 is 11.3 Å². The lowest BCUT2D eigenvalue weighted by Gasteiger charge is -2.35. The van der Waals surface area contributed by atoms with Gasteiger partial charge in [0.05, 0.1) is 0 Å². The maximum absolute atomic E-state index is 12.1. The van der Waals surface area contributed by atoms with E-state index in [1.54, 1.807) is 6.07 Å². The lowest BCUT2D eigenvalue weighted by molar-refractivity contribution is 0.229. The predicted molar refractivity (Wildman–Crippen MR) is 90.8 cm³/mol. The Labute approximate surface area is 134 Å². The molecule has 0 amide bonds. The maximum atomic E-state index is 12.1. The summed E-state index contributed by atoms with van der Waals surface area (Å²) in [7, 11) is 0. The Bertz CT molecular complexity index is 718. The average molecular weight is 320 g/mol. The third-order valence-corrected chi connectivity index (χ3v) is 5.18. The number of rotatable bonds is 4. The quantitative estimate of drug-likeness (QED) is 0.937. The van der Waals surface area contributed by atoms with Crippen LogP contribution in [0.25, 0.3) is 4.96 Å². The van der Waals surface area contributed by atoms with Crippen molar-refractivity contribution in [1.82, 2.24) is 14.6 Å². The summed E-state index contributed by atoms with van der Waals surface area (Å²) in [5.41, 5.74) is 1.17. The Balaban J connectivity index is 1.83. The molecule has 22 heavy (non-hydrogen) atoms. The Morgan fingerprint density at radius 3 is 3.05 bits per heavy atom. The van der Waals surface area contributed by atoms with Crippen LogP contribution in [0.3, 0.4) is 0 Å². The number of anilines is 1. The van der Waals surface area contributed by atoms with Gasteiger partial charge in [0.2, 0.25) is 10.1 Å². The summed E-state index contributed by atoms with van der Waals surface area (Å²) < 4.78 is 1.42. The highest BCUT2D eigenvalue weighted by atomic mass is 32.1. The first-order chi connectivity index (χ1) is 10.5. The van der Waals surface area contributed by atoms with Crippen molar-refractivity contribution in [1.29, 1.82) is 0 Å². The van der Waals surface area contributed by atoms with Gasteiger partial charge < -0.3 is 5.32 Å². The van der Waals surface area contributed by atoms with Crippen molar-refractivity contribution in [3.8, 4) is 0 Å². The third-order valence-electron chi connectivity index (χ3n) is 4.34. The Morgan fingerprint density at radius 1 is 1.50 bits per heavy atom. The van der Waals surface area contributed by atoms with E-state index in [0.717, 1.165) is 30.1 Å². The fourth-order valence-electron chi connectivity index (χ4n) is 3.29. The highest BCUT2D eigenvalue weighted by molar-refractivity contribution is 7.20. The molecule has 2 aromatic rings. The molecule has 1 aliphatic carbocycles. The summed E-state index contributed by atoms with van der Waals surface area (Å²) >= 11 is 1.47. The summed E-state index contributed by atoms with van der Waals surface area (Å²) in [6.45, 7) is 6.73. The molecule has 0 aromatic carbocycles. The van der Waals surface area contributed by atoms with Crippen LogP contribution in [0, 0.1) is 5.41 Å². The topological polar surface area (TPSA) is 59.3 Å². The smallest absolute Gasteiger partial charge is 0.275 e. The molecule has 1 atom stereocenters. The highest BCUT2D eigenvalue weighted by Crippen LogP contribution is 2.36. The minimum absolute atomic E-state index is 0.0817. The molecule has 1 fully saturated rings. The van der Waals surface area contributed by atoms with E-state index in [1.807, 2.05) is 0 Å². The van der Waals surface area contributed by atoms with E-state index in [2.05, 4.69) is 36.2 Å². The summed E-state index contributed by atoms with van der Waals surface area (Å²) in [6, 6.07) is 2.04. The number of fused-ring (bicyclic) bond motifs is 1. The van der Waals surface area contributed by atoms with Crippen LogP contribution in [0.4, 0.5) is 5.13 Å². The molecule has 1 aliphatic rings. The Hall–Kier alpha value is -1.43. The van der Waals surface area contributed by atoms with E-state index in [9.17, 15) is 4.79 Å². The molecule has 0 saturated heterocycles. The molecule has 1 saturated carbocycles. The molecule has 1 unspecified atom stereocenters. The van der Waals surface area contributed by atoms with Gasteiger partial charge in [-0.1, -0.05) is 44.9 Å². The Morgan fingerprint density at radius 2 is 2.32 bits per heavy atom. The van der Waals surface area contributed by atoms with Crippen molar-refractivity contribution in [3.63, 3.8) is 0 Å². The third kappa shape index (κ3) is 3.32. The standard InChI is InChI=1S/C16H24N4OS/c1-4-6-11-9-13(21)20-15(18-11)22-14(19-20)17-12-7-5-8-16(2,3)10-12/h9,12H,4-8,10H2,1-3H3,(H,17,19). The SMILES string of the molecule is CCCc1cc(=O)n2nc(NC3CCCC(C)(C)C3)sc2n1. The largest absolute Gasteiger partial charge is 0.357 e. The van der Waals surface area contributed by atoms with Crippen LogP contribution in [0.5, 0.6) is 0 Å². The fourth-order valence-corrected chi connectivity index (χ4v) is 4.20. The summed E-state index contributed by atoms with van der Waals surface area (Å²) in [6.07, 6.45) is 6.67. The van der Waals surface area contributed by atoms with Gasteiger partial charge in [-0.25, -0.2) is 4.98 Å². The number of hydrogen-bond donors (Lipinski definition) is 1.